The summed E-state index contributed by atoms with van der Waals surface area (Å²) in [5.41, 5.74) is 0.735. The summed E-state index contributed by atoms with van der Waals surface area (Å²) >= 11 is 0. The molecule has 9 heteroatoms. The van der Waals surface area contributed by atoms with Gasteiger partial charge >= 0.3 is 0 Å². The van der Waals surface area contributed by atoms with E-state index in [1.807, 2.05) is 45.0 Å². The maximum Gasteiger partial charge on any atom is 0.191 e. The maximum absolute atomic E-state index is 11.1. The van der Waals surface area contributed by atoms with Crippen molar-refractivity contribution in [3.05, 3.63) is 30.0 Å². The number of benzene rings is 1. The fourth-order valence-corrected chi connectivity index (χ4v) is 3.09. The zero-order valence-electron chi connectivity index (χ0n) is 17.5. The third kappa shape index (κ3) is 7.58. The molecule has 1 aromatic heterocycles. The Kier molecular flexibility index (Phi) is 8.78. The van der Waals surface area contributed by atoms with Crippen LogP contribution in [0.4, 0.5) is 0 Å². The van der Waals surface area contributed by atoms with E-state index < -0.39 is 9.84 Å². The number of hydrogen-bond donors (Lipinski definition) is 2. The predicted molar refractivity (Wildman–Crippen MR) is 115 cm³/mol. The van der Waals surface area contributed by atoms with Gasteiger partial charge in [-0.15, -0.1) is 0 Å². The molecule has 1 atom stereocenters. The first kappa shape index (κ1) is 23.0. The third-order valence-electron chi connectivity index (χ3n) is 4.06. The minimum Gasteiger partial charge on any atom is -0.490 e. The Labute approximate surface area is 172 Å². The smallest absolute Gasteiger partial charge is 0.191 e. The molecule has 1 unspecified atom stereocenters. The van der Waals surface area contributed by atoms with Gasteiger partial charge in [0.15, 0.2) is 17.3 Å². The number of aliphatic imine (C=N–C) groups is 1. The van der Waals surface area contributed by atoms with E-state index in [9.17, 15) is 8.42 Å². The average Bonchev–Trinajstić information content (AvgIpc) is 3.09. The van der Waals surface area contributed by atoms with Crippen LogP contribution in [0.3, 0.4) is 0 Å². The highest BCUT2D eigenvalue weighted by Gasteiger charge is 2.15. The van der Waals surface area contributed by atoms with Crippen LogP contribution in [-0.2, 0) is 14.6 Å². The Hall–Kier alpha value is -2.26. The summed E-state index contributed by atoms with van der Waals surface area (Å²) in [4.78, 5) is 4.47. The van der Waals surface area contributed by atoms with E-state index in [-0.39, 0.29) is 18.4 Å². The first-order chi connectivity index (χ1) is 13.8. The van der Waals surface area contributed by atoms with Crippen LogP contribution >= 0.6 is 0 Å². The fraction of sp³-hybridized carbons (Fsp3) is 0.550. The SMILES string of the molecule is CCNC(=NCCOCCS(C)(=O)=O)NC(C)c1cc2cccc(OCC)c2o1. The topological polar surface area (TPSA) is 102 Å². The van der Waals surface area contributed by atoms with Gasteiger partial charge in [-0.2, -0.15) is 0 Å². The Balaban J connectivity index is 1.97. The fourth-order valence-electron chi connectivity index (χ4n) is 2.67. The van der Waals surface area contributed by atoms with Crippen molar-refractivity contribution in [3.63, 3.8) is 0 Å². The molecular weight excluding hydrogens is 394 g/mol. The number of guanidine groups is 1. The molecule has 0 saturated carbocycles. The molecule has 0 saturated heterocycles. The summed E-state index contributed by atoms with van der Waals surface area (Å²) in [5.74, 6) is 2.16. The third-order valence-corrected chi connectivity index (χ3v) is 4.96. The molecule has 162 valence electrons. The second kappa shape index (κ2) is 11.1. The van der Waals surface area contributed by atoms with E-state index in [4.69, 9.17) is 13.9 Å². The van der Waals surface area contributed by atoms with Gasteiger partial charge in [0, 0.05) is 18.2 Å². The minimum atomic E-state index is -3.01. The van der Waals surface area contributed by atoms with Crippen molar-refractivity contribution in [2.45, 2.75) is 26.8 Å². The minimum absolute atomic E-state index is 0.0157. The van der Waals surface area contributed by atoms with E-state index in [0.717, 1.165) is 22.5 Å². The lowest BCUT2D eigenvalue weighted by molar-refractivity contribution is 0.157. The molecule has 1 aromatic carbocycles. The van der Waals surface area contributed by atoms with Gasteiger partial charge in [0.1, 0.15) is 15.6 Å². The van der Waals surface area contributed by atoms with Gasteiger partial charge in [-0.25, -0.2) is 8.42 Å². The highest BCUT2D eigenvalue weighted by Crippen LogP contribution is 2.31. The number of fused-ring (bicyclic) bond motifs is 1. The summed E-state index contributed by atoms with van der Waals surface area (Å²) < 4.78 is 39.2. The average molecular weight is 426 g/mol. The molecule has 8 nitrogen and oxygen atoms in total. The van der Waals surface area contributed by atoms with Crippen LogP contribution in [0.25, 0.3) is 11.0 Å². The van der Waals surface area contributed by atoms with E-state index in [1.54, 1.807) is 0 Å². The van der Waals surface area contributed by atoms with Crippen molar-refractivity contribution in [1.29, 1.82) is 0 Å². The van der Waals surface area contributed by atoms with Gasteiger partial charge in [-0.1, -0.05) is 12.1 Å². The monoisotopic (exact) mass is 425 g/mol. The second-order valence-corrected chi connectivity index (χ2v) is 8.88. The lowest BCUT2D eigenvalue weighted by Gasteiger charge is -2.16. The van der Waals surface area contributed by atoms with Gasteiger partial charge in [-0.3, -0.25) is 4.99 Å². The van der Waals surface area contributed by atoms with E-state index in [1.165, 1.54) is 6.26 Å². The first-order valence-electron chi connectivity index (χ1n) is 9.79. The zero-order chi connectivity index (χ0) is 21.3. The van der Waals surface area contributed by atoms with Gasteiger partial charge in [0.05, 0.1) is 38.2 Å². The lowest BCUT2D eigenvalue weighted by atomic mass is 10.2. The molecule has 0 fully saturated rings. The summed E-state index contributed by atoms with van der Waals surface area (Å²) in [5, 5.41) is 7.49. The van der Waals surface area contributed by atoms with Crippen molar-refractivity contribution < 1.29 is 22.3 Å². The number of rotatable bonds is 11. The highest BCUT2D eigenvalue weighted by atomic mass is 32.2. The molecule has 0 spiro atoms. The molecule has 0 radical (unpaired) electrons. The number of nitrogens with zero attached hydrogens (tertiary/aromatic N) is 1. The molecule has 0 bridgehead atoms. The van der Waals surface area contributed by atoms with Crippen LogP contribution in [0.2, 0.25) is 0 Å². The summed E-state index contributed by atoms with van der Waals surface area (Å²) in [7, 11) is -3.01. The van der Waals surface area contributed by atoms with E-state index in [0.29, 0.717) is 32.3 Å². The molecule has 1 heterocycles. The number of sulfone groups is 1. The molecular formula is C20H31N3O5S. The largest absolute Gasteiger partial charge is 0.490 e. The van der Waals surface area contributed by atoms with Crippen molar-refractivity contribution in [3.8, 4) is 5.75 Å². The molecule has 0 aliphatic rings. The molecule has 0 aliphatic heterocycles. The molecule has 29 heavy (non-hydrogen) atoms. The van der Waals surface area contributed by atoms with Crippen LogP contribution in [0.15, 0.2) is 33.7 Å². The summed E-state index contributed by atoms with van der Waals surface area (Å²) in [6, 6.07) is 7.71. The summed E-state index contributed by atoms with van der Waals surface area (Å²) in [6.07, 6.45) is 1.19. The van der Waals surface area contributed by atoms with E-state index >= 15 is 0 Å². The Morgan fingerprint density at radius 2 is 2.07 bits per heavy atom. The number of ether oxygens (including phenoxy) is 2. The zero-order valence-corrected chi connectivity index (χ0v) is 18.3. The Morgan fingerprint density at radius 3 is 2.76 bits per heavy atom. The predicted octanol–water partition coefficient (Wildman–Crippen LogP) is 2.51. The number of para-hydroxylation sites is 1. The lowest BCUT2D eigenvalue weighted by Crippen LogP contribution is -2.38. The normalized spacial score (nSPS) is 13.4. The Bertz CT molecular complexity index is 908. The van der Waals surface area contributed by atoms with Crippen molar-refractivity contribution in [2.24, 2.45) is 4.99 Å². The van der Waals surface area contributed by atoms with Crippen molar-refractivity contribution in [2.75, 3.05) is 44.9 Å². The summed E-state index contributed by atoms with van der Waals surface area (Å²) in [6.45, 7) is 8.15. The van der Waals surface area contributed by atoms with Gasteiger partial charge in [0.25, 0.3) is 0 Å². The first-order valence-corrected chi connectivity index (χ1v) is 11.9. The van der Waals surface area contributed by atoms with E-state index in [2.05, 4.69) is 15.6 Å². The molecule has 2 N–H and O–H groups in total. The number of furan rings is 1. The van der Waals surface area contributed by atoms with Crippen LogP contribution in [-0.4, -0.2) is 59.3 Å². The molecule has 0 aliphatic carbocycles. The standard InChI is InChI=1S/C20H31N3O5S/c1-5-21-20(22-10-11-26-12-13-29(4,24)25)23-15(3)18-14-16-8-7-9-17(27-6-2)19(16)28-18/h7-9,14-15H,5-6,10-13H2,1-4H3,(H2,21,22,23). The van der Waals surface area contributed by atoms with Crippen LogP contribution in [0, 0.1) is 0 Å². The van der Waals surface area contributed by atoms with Gasteiger partial charge < -0.3 is 24.5 Å². The quantitative estimate of drug-likeness (QED) is 0.324. The Morgan fingerprint density at radius 1 is 1.28 bits per heavy atom. The van der Waals surface area contributed by atoms with Crippen LogP contribution in [0.5, 0.6) is 5.75 Å². The van der Waals surface area contributed by atoms with Crippen LogP contribution in [0.1, 0.15) is 32.6 Å². The number of nitrogens with one attached hydrogen (secondary N) is 2. The molecule has 2 aromatic rings. The molecule has 0 amide bonds. The van der Waals surface area contributed by atoms with Gasteiger partial charge in [0.2, 0.25) is 0 Å². The maximum atomic E-state index is 11.1. The van der Waals surface area contributed by atoms with Crippen molar-refractivity contribution >= 4 is 26.8 Å². The second-order valence-electron chi connectivity index (χ2n) is 6.63. The highest BCUT2D eigenvalue weighted by molar-refractivity contribution is 7.90. The molecule has 2 rings (SSSR count). The van der Waals surface area contributed by atoms with Gasteiger partial charge in [-0.05, 0) is 32.9 Å². The number of hydrogen-bond acceptors (Lipinski definition) is 6. The van der Waals surface area contributed by atoms with Crippen LogP contribution < -0.4 is 15.4 Å². The van der Waals surface area contributed by atoms with Crippen molar-refractivity contribution in [1.82, 2.24) is 10.6 Å².